The van der Waals surface area contributed by atoms with Crippen LogP contribution >= 0.6 is 11.6 Å². The topological polar surface area (TPSA) is 29.5 Å². The van der Waals surface area contributed by atoms with Gasteiger partial charge in [0.25, 0.3) is 0 Å². The van der Waals surface area contributed by atoms with Crippen LogP contribution in [0.3, 0.4) is 0 Å². The molecular weight excluding hydrogens is 257 g/mol. The number of nitrogens with zero attached hydrogens (tertiary/aromatic N) is 1. The molecule has 1 rings (SSSR count). The Morgan fingerprint density at radius 3 is 2.67 bits per heavy atom. The summed E-state index contributed by atoms with van der Waals surface area (Å²) in [7, 11) is 1.34. The lowest BCUT2D eigenvalue weighted by Gasteiger charge is -2.25. The summed E-state index contributed by atoms with van der Waals surface area (Å²) in [6, 6.07) is 4.65. The van der Waals surface area contributed by atoms with Crippen molar-refractivity contribution in [3.63, 3.8) is 0 Å². The van der Waals surface area contributed by atoms with Gasteiger partial charge in [-0.1, -0.05) is 17.7 Å². The first-order valence-corrected chi connectivity index (χ1v) is 6.06. The Balaban J connectivity index is 2.80. The molecule has 5 heteroatoms. The Morgan fingerprint density at radius 1 is 1.50 bits per heavy atom. The summed E-state index contributed by atoms with van der Waals surface area (Å²) in [5.74, 6) is -0.698. The second-order valence-corrected chi connectivity index (χ2v) is 4.75. The average molecular weight is 274 g/mol. The molecule has 0 spiro atoms. The van der Waals surface area contributed by atoms with E-state index >= 15 is 0 Å². The van der Waals surface area contributed by atoms with E-state index in [2.05, 4.69) is 4.74 Å². The van der Waals surface area contributed by atoms with Crippen molar-refractivity contribution in [3.05, 3.63) is 34.6 Å². The van der Waals surface area contributed by atoms with Gasteiger partial charge in [0.05, 0.1) is 13.7 Å². The van der Waals surface area contributed by atoms with E-state index in [1.54, 1.807) is 12.1 Å². The van der Waals surface area contributed by atoms with Crippen LogP contribution in [0.5, 0.6) is 0 Å². The number of methoxy groups -OCH3 is 1. The molecule has 0 aromatic heterocycles. The predicted molar refractivity (Wildman–Crippen MR) is 69.0 cm³/mol. The highest BCUT2D eigenvalue weighted by molar-refractivity contribution is 6.30. The summed E-state index contributed by atoms with van der Waals surface area (Å²) >= 11 is 5.70. The van der Waals surface area contributed by atoms with E-state index in [-0.39, 0.29) is 24.4 Å². The molecule has 1 aromatic carbocycles. The zero-order valence-corrected chi connectivity index (χ0v) is 11.5. The number of rotatable bonds is 5. The first-order valence-electron chi connectivity index (χ1n) is 5.68. The summed E-state index contributed by atoms with van der Waals surface area (Å²) in [5.41, 5.74) is 0.511. The van der Waals surface area contributed by atoms with Crippen molar-refractivity contribution in [3.8, 4) is 0 Å². The molecule has 18 heavy (non-hydrogen) atoms. The van der Waals surface area contributed by atoms with E-state index in [0.29, 0.717) is 17.1 Å². The molecule has 0 aliphatic carbocycles. The maximum atomic E-state index is 13.7. The summed E-state index contributed by atoms with van der Waals surface area (Å²) in [4.78, 5) is 13.1. The van der Waals surface area contributed by atoms with Crippen LogP contribution in [0, 0.1) is 5.82 Å². The number of carbonyl (C=O) groups excluding carboxylic acids is 1. The Kier molecular flexibility index (Phi) is 5.56. The van der Waals surface area contributed by atoms with Crippen molar-refractivity contribution in [2.45, 2.75) is 26.4 Å². The molecule has 0 heterocycles. The molecule has 0 amide bonds. The first kappa shape index (κ1) is 14.9. The average Bonchev–Trinajstić information content (AvgIpc) is 2.30. The second-order valence-electron chi connectivity index (χ2n) is 4.31. The van der Waals surface area contributed by atoms with E-state index in [1.807, 2.05) is 18.7 Å². The third kappa shape index (κ3) is 4.27. The number of esters is 1. The molecule has 0 aliphatic rings. The van der Waals surface area contributed by atoms with Gasteiger partial charge >= 0.3 is 5.97 Å². The van der Waals surface area contributed by atoms with Gasteiger partial charge in [0.15, 0.2) is 0 Å². The lowest BCUT2D eigenvalue weighted by molar-refractivity contribution is -0.142. The summed E-state index contributed by atoms with van der Waals surface area (Å²) in [6.07, 6.45) is 0. The van der Waals surface area contributed by atoms with Crippen LogP contribution in [0.2, 0.25) is 5.02 Å². The van der Waals surface area contributed by atoms with Crippen LogP contribution in [0.4, 0.5) is 4.39 Å². The van der Waals surface area contributed by atoms with Crippen LogP contribution in [-0.2, 0) is 16.1 Å². The molecule has 3 nitrogen and oxygen atoms in total. The van der Waals surface area contributed by atoms with E-state index in [9.17, 15) is 9.18 Å². The fourth-order valence-electron chi connectivity index (χ4n) is 1.52. The van der Waals surface area contributed by atoms with Crippen LogP contribution in [0.15, 0.2) is 18.2 Å². The van der Waals surface area contributed by atoms with Gasteiger partial charge < -0.3 is 4.74 Å². The van der Waals surface area contributed by atoms with Gasteiger partial charge in [-0.3, -0.25) is 9.69 Å². The number of hydrogen-bond acceptors (Lipinski definition) is 3. The monoisotopic (exact) mass is 273 g/mol. The smallest absolute Gasteiger partial charge is 0.319 e. The van der Waals surface area contributed by atoms with Crippen molar-refractivity contribution in [2.24, 2.45) is 0 Å². The third-order valence-electron chi connectivity index (χ3n) is 2.68. The maximum Gasteiger partial charge on any atom is 0.319 e. The highest BCUT2D eigenvalue weighted by Gasteiger charge is 2.16. The van der Waals surface area contributed by atoms with E-state index < -0.39 is 0 Å². The minimum absolute atomic E-state index is 0.110. The predicted octanol–water partition coefficient (Wildman–Crippen LogP) is 2.86. The van der Waals surface area contributed by atoms with Gasteiger partial charge in [0.2, 0.25) is 0 Å². The first-order chi connectivity index (χ1) is 8.43. The van der Waals surface area contributed by atoms with Crippen molar-refractivity contribution >= 4 is 17.6 Å². The molecule has 0 N–H and O–H groups in total. The van der Waals surface area contributed by atoms with E-state index in [1.165, 1.54) is 13.2 Å². The van der Waals surface area contributed by atoms with Crippen LogP contribution in [0.25, 0.3) is 0 Å². The number of halogens is 2. The molecule has 0 bridgehead atoms. The van der Waals surface area contributed by atoms with Crippen LogP contribution in [0.1, 0.15) is 19.4 Å². The normalized spacial score (nSPS) is 11.1. The summed E-state index contributed by atoms with van der Waals surface area (Å²) < 4.78 is 18.3. The molecule has 0 aliphatic heterocycles. The number of hydrogen-bond donors (Lipinski definition) is 0. The Labute approximate surface area is 111 Å². The standard InChI is InChI=1S/C13H17ClFNO2/c1-9(2)16(8-13(17)18-3)7-10-4-5-11(14)6-12(10)15/h4-6,9H,7-8H2,1-3H3. The molecular formula is C13H17ClFNO2. The van der Waals surface area contributed by atoms with Crippen molar-refractivity contribution < 1.29 is 13.9 Å². The molecule has 100 valence electrons. The minimum atomic E-state index is -0.363. The molecule has 0 saturated carbocycles. The highest BCUT2D eigenvalue weighted by Crippen LogP contribution is 2.17. The molecule has 0 radical (unpaired) electrons. The molecule has 0 unspecified atom stereocenters. The van der Waals surface area contributed by atoms with Crippen molar-refractivity contribution in [2.75, 3.05) is 13.7 Å². The second kappa shape index (κ2) is 6.71. The number of ether oxygens (including phenoxy) is 1. The molecule has 0 saturated heterocycles. The fraction of sp³-hybridized carbons (Fsp3) is 0.462. The van der Waals surface area contributed by atoms with Crippen LogP contribution < -0.4 is 0 Å². The molecule has 1 aromatic rings. The Morgan fingerprint density at radius 2 is 2.17 bits per heavy atom. The van der Waals surface area contributed by atoms with Gasteiger partial charge in [0, 0.05) is 23.2 Å². The minimum Gasteiger partial charge on any atom is -0.468 e. The number of benzene rings is 1. The van der Waals surface area contributed by atoms with Gasteiger partial charge in [0.1, 0.15) is 5.82 Å². The summed E-state index contributed by atoms with van der Waals surface area (Å²) in [5, 5.41) is 0.361. The largest absolute Gasteiger partial charge is 0.468 e. The van der Waals surface area contributed by atoms with Gasteiger partial charge in [-0.15, -0.1) is 0 Å². The quantitative estimate of drug-likeness (QED) is 0.773. The highest BCUT2D eigenvalue weighted by atomic mass is 35.5. The molecule has 0 atom stereocenters. The van der Waals surface area contributed by atoms with Gasteiger partial charge in [-0.2, -0.15) is 0 Å². The molecule has 0 fully saturated rings. The lowest BCUT2D eigenvalue weighted by Crippen LogP contribution is -2.35. The van der Waals surface area contributed by atoms with E-state index in [4.69, 9.17) is 11.6 Å². The van der Waals surface area contributed by atoms with Crippen molar-refractivity contribution in [1.82, 2.24) is 4.90 Å². The van der Waals surface area contributed by atoms with Crippen molar-refractivity contribution in [1.29, 1.82) is 0 Å². The van der Waals surface area contributed by atoms with Crippen LogP contribution in [-0.4, -0.2) is 30.6 Å². The summed E-state index contributed by atoms with van der Waals surface area (Å²) in [6.45, 7) is 4.36. The maximum absolute atomic E-state index is 13.7. The lowest BCUT2D eigenvalue weighted by atomic mass is 10.1. The SMILES string of the molecule is COC(=O)CN(Cc1ccc(Cl)cc1F)C(C)C. The zero-order valence-electron chi connectivity index (χ0n) is 10.7. The zero-order chi connectivity index (χ0) is 13.7. The van der Waals surface area contributed by atoms with Gasteiger partial charge in [-0.05, 0) is 26.0 Å². The third-order valence-corrected chi connectivity index (χ3v) is 2.91. The number of carbonyl (C=O) groups is 1. The Hall–Kier alpha value is -1.13. The van der Waals surface area contributed by atoms with E-state index in [0.717, 1.165) is 0 Å². The Bertz CT molecular complexity index is 423. The fourth-order valence-corrected chi connectivity index (χ4v) is 1.68. The van der Waals surface area contributed by atoms with Gasteiger partial charge in [-0.25, -0.2) is 4.39 Å².